The Bertz CT molecular complexity index is 519. The fourth-order valence-electron chi connectivity index (χ4n) is 4.19. The number of hydrogen-bond acceptors (Lipinski definition) is 3. The minimum absolute atomic E-state index is 0.233. The average Bonchev–Trinajstić information content (AvgIpc) is 3.05. The summed E-state index contributed by atoms with van der Waals surface area (Å²) in [5.74, 6) is 0.797. The molecule has 0 aliphatic carbocycles. The summed E-state index contributed by atoms with van der Waals surface area (Å²) in [6.45, 7) is 4.73. The Morgan fingerprint density at radius 3 is 2.82 bits per heavy atom. The zero-order valence-corrected chi connectivity index (χ0v) is 13.6. The smallest absolute Gasteiger partial charge is 0.227 e. The van der Waals surface area contributed by atoms with Gasteiger partial charge in [0.05, 0.1) is 13.0 Å². The van der Waals surface area contributed by atoms with Gasteiger partial charge in [-0.05, 0) is 19.0 Å². The summed E-state index contributed by atoms with van der Waals surface area (Å²) in [7, 11) is 3.95. The molecule has 1 spiro atoms. The molecule has 3 rings (SSSR count). The molecule has 22 heavy (non-hydrogen) atoms. The lowest BCUT2D eigenvalue weighted by atomic mass is 9.77. The van der Waals surface area contributed by atoms with Gasteiger partial charge in [-0.25, -0.2) is 0 Å². The van der Waals surface area contributed by atoms with Crippen LogP contribution in [0.3, 0.4) is 0 Å². The number of rotatable bonds is 4. The number of amides is 1. The number of benzene rings is 1. The van der Waals surface area contributed by atoms with Crippen molar-refractivity contribution in [1.29, 1.82) is 0 Å². The lowest BCUT2D eigenvalue weighted by Gasteiger charge is -2.30. The van der Waals surface area contributed by atoms with E-state index < -0.39 is 0 Å². The van der Waals surface area contributed by atoms with E-state index in [-0.39, 0.29) is 11.3 Å². The van der Waals surface area contributed by atoms with Crippen molar-refractivity contribution < 1.29 is 9.53 Å². The molecule has 0 bridgehead atoms. The Hall–Kier alpha value is -1.39. The summed E-state index contributed by atoms with van der Waals surface area (Å²) in [6.07, 6.45) is 1.62. The number of likely N-dealkylation sites (tertiary alicyclic amines) is 2. The lowest BCUT2D eigenvalue weighted by molar-refractivity contribution is -0.130. The summed E-state index contributed by atoms with van der Waals surface area (Å²) in [4.78, 5) is 17.0. The first-order chi connectivity index (χ1) is 10.6. The molecular formula is C18H26N2O2. The molecule has 120 valence electrons. The SMILES string of the molecule is COC[C@@H]1CN(C)C[C@@]12CCN(C(=O)Cc1ccccc1)C2. The Balaban J connectivity index is 1.65. The van der Waals surface area contributed by atoms with Crippen LogP contribution in [0.15, 0.2) is 30.3 Å². The van der Waals surface area contributed by atoms with Crippen molar-refractivity contribution in [2.45, 2.75) is 12.8 Å². The third kappa shape index (κ3) is 3.03. The Morgan fingerprint density at radius 1 is 1.32 bits per heavy atom. The monoisotopic (exact) mass is 302 g/mol. The van der Waals surface area contributed by atoms with Gasteiger partial charge in [-0.3, -0.25) is 4.79 Å². The van der Waals surface area contributed by atoms with Crippen LogP contribution >= 0.6 is 0 Å². The van der Waals surface area contributed by atoms with Gasteiger partial charge in [-0.15, -0.1) is 0 Å². The van der Waals surface area contributed by atoms with Crippen LogP contribution in [0.4, 0.5) is 0 Å². The number of hydrogen-bond donors (Lipinski definition) is 0. The standard InChI is InChI=1S/C18H26N2O2/c1-19-11-16(12-22-2)18(13-19)8-9-20(14-18)17(21)10-15-6-4-3-5-7-15/h3-7,16H,8-14H2,1-2H3/t16-,18+/m0/s1. The van der Waals surface area contributed by atoms with Crippen molar-refractivity contribution in [2.75, 3.05) is 46.9 Å². The van der Waals surface area contributed by atoms with E-state index >= 15 is 0 Å². The molecule has 1 amide bonds. The van der Waals surface area contributed by atoms with Gasteiger partial charge in [0.2, 0.25) is 5.91 Å². The molecule has 2 heterocycles. The van der Waals surface area contributed by atoms with E-state index in [1.165, 1.54) is 0 Å². The summed E-state index contributed by atoms with van der Waals surface area (Å²) in [6, 6.07) is 10.0. The van der Waals surface area contributed by atoms with Gasteiger partial charge >= 0.3 is 0 Å². The predicted octanol–water partition coefficient (Wildman–Crippen LogP) is 1.66. The first kappa shape index (κ1) is 15.5. The van der Waals surface area contributed by atoms with Crippen LogP contribution in [-0.2, 0) is 16.0 Å². The summed E-state index contributed by atoms with van der Waals surface area (Å²) >= 11 is 0. The Kier molecular flexibility index (Phi) is 4.50. The topological polar surface area (TPSA) is 32.8 Å². The van der Waals surface area contributed by atoms with Crippen molar-refractivity contribution in [3.8, 4) is 0 Å². The molecule has 0 radical (unpaired) electrons. The highest BCUT2D eigenvalue weighted by Crippen LogP contribution is 2.43. The third-order valence-corrected chi connectivity index (χ3v) is 5.29. The number of carbonyl (C=O) groups is 1. The number of nitrogens with zero attached hydrogens (tertiary/aromatic N) is 2. The van der Waals surface area contributed by atoms with Crippen molar-refractivity contribution in [2.24, 2.45) is 11.3 Å². The van der Waals surface area contributed by atoms with Gasteiger partial charge in [0.15, 0.2) is 0 Å². The van der Waals surface area contributed by atoms with E-state index in [2.05, 4.69) is 16.8 Å². The van der Waals surface area contributed by atoms with Gasteiger partial charge in [-0.1, -0.05) is 30.3 Å². The highest BCUT2D eigenvalue weighted by atomic mass is 16.5. The van der Waals surface area contributed by atoms with Crippen molar-refractivity contribution in [3.05, 3.63) is 35.9 Å². The maximum absolute atomic E-state index is 12.6. The molecule has 2 fully saturated rings. The minimum Gasteiger partial charge on any atom is -0.384 e. The van der Waals surface area contributed by atoms with E-state index in [1.54, 1.807) is 7.11 Å². The second-order valence-electron chi connectivity index (χ2n) is 6.94. The van der Waals surface area contributed by atoms with Crippen molar-refractivity contribution in [1.82, 2.24) is 9.80 Å². The van der Waals surface area contributed by atoms with Gasteiger partial charge < -0.3 is 14.5 Å². The van der Waals surface area contributed by atoms with E-state index in [0.717, 1.165) is 44.8 Å². The quantitative estimate of drug-likeness (QED) is 0.848. The minimum atomic E-state index is 0.233. The molecule has 2 aliphatic rings. The van der Waals surface area contributed by atoms with Crippen molar-refractivity contribution in [3.63, 3.8) is 0 Å². The van der Waals surface area contributed by atoms with Gasteiger partial charge in [-0.2, -0.15) is 0 Å². The van der Waals surface area contributed by atoms with E-state index in [9.17, 15) is 4.79 Å². The highest BCUT2D eigenvalue weighted by Gasteiger charge is 2.50. The maximum Gasteiger partial charge on any atom is 0.227 e. The average molecular weight is 302 g/mol. The fraction of sp³-hybridized carbons (Fsp3) is 0.611. The fourth-order valence-corrected chi connectivity index (χ4v) is 4.19. The maximum atomic E-state index is 12.6. The molecule has 0 aromatic heterocycles. The van der Waals surface area contributed by atoms with Gasteiger partial charge in [0.25, 0.3) is 0 Å². The molecule has 4 nitrogen and oxygen atoms in total. The number of ether oxygens (including phenoxy) is 1. The normalized spacial score (nSPS) is 28.6. The van der Waals surface area contributed by atoms with Crippen molar-refractivity contribution >= 4 is 5.91 Å². The first-order valence-electron chi connectivity index (χ1n) is 8.12. The van der Waals surface area contributed by atoms with Crippen LogP contribution in [0.1, 0.15) is 12.0 Å². The molecule has 4 heteroatoms. The van der Waals surface area contributed by atoms with Crippen LogP contribution in [0.25, 0.3) is 0 Å². The number of methoxy groups -OCH3 is 1. The molecule has 2 saturated heterocycles. The van der Waals surface area contributed by atoms with E-state index in [4.69, 9.17) is 4.74 Å². The molecule has 2 aliphatic heterocycles. The summed E-state index contributed by atoms with van der Waals surface area (Å²) in [5, 5.41) is 0. The van der Waals surface area contributed by atoms with Gasteiger partial charge in [0.1, 0.15) is 0 Å². The van der Waals surface area contributed by atoms with Gasteiger partial charge in [0, 0.05) is 44.6 Å². The molecular weight excluding hydrogens is 276 g/mol. The molecule has 1 aromatic carbocycles. The van der Waals surface area contributed by atoms with Crippen LogP contribution < -0.4 is 0 Å². The first-order valence-corrected chi connectivity index (χ1v) is 8.12. The van der Waals surface area contributed by atoms with Crippen LogP contribution in [0.5, 0.6) is 0 Å². The zero-order valence-electron chi connectivity index (χ0n) is 13.6. The third-order valence-electron chi connectivity index (χ3n) is 5.29. The molecule has 0 unspecified atom stereocenters. The second kappa shape index (κ2) is 6.39. The zero-order chi connectivity index (χ0) is 15.6. The second-order valence-corrected chi connectivity index (χ2v) is 6.94. The lowest BCUT2D eigenvalue weighted by Crippen LogP contribution is -2.38. The summed E-state index contributed by atoms with van der Waals surface area (Å²) < 4.78 is 5.42. The predicted molar refractivity (Wildman–Crippen MR) is 86.6 cm³/mol. The van der Waals surface area contributed by atoms with E-state index in [0.29, 0.717) is 12.3 Å². The van der Waals surface area contributed by atoms with Crippen LogP contribution in [0, 0.1) is 11.3 Å². The van der Waals surface area contributed by atoms with Crippen LogP contribution in [-0.4, -0.2) is 62.7 Å². The molecule has 2 atom stereocenters. The number of carbonyl (C=O) groups excluding carboxylic acids is 1. The van der Waals surface area contributed by atoms with E-state index in [1.807, 2.05) is 30.3 Å². The molecule has 0 saturated carbocycles. The molecule has 1 aromatic rings. The Morgan fingerprint density at radius 2 is 2.09 bits per heavy atom. The summed E-state index contributed by atoms with van der Waals surface area (Å²) in [5.41, 5.74) is 1.34. The Labute approximate surface area is 133 Å². The highest BCUT2D eigenvalue weighted by molar-refractivity contribution is 5.79. The van der Waals surface area contributed by atoms with Crippen LogP contribution in [0.2, 0.25) is 0 Å². The molecule has 0 N–H and O–H groups in total. The largest absolute Gasteiger partial charge is 0.384 e.